The molecule has 1 aliphatic heterocycles. The third kappa shape index (κ3) is 6.01. The van der Waals surface area contributed by atoms with Crippen LogP contribution < -0.4 is 10.6 Å². The summed E-state index contributed by atoms with van der Waals surface area (Å²) in [6.07, 6.45) is 9.60. The summed E-state index contributed by atoms with van der Waals surface area (Å²) < 4.78 is 5.26. The Morgan fingerprint density at radius 3 is 2.79 bits per heavy atom. The van der Waals surface area contributed by atoms with Crippen LogP contribution in [0.4, 0.5) is 0 Å². The van der Waals surface area contributed by atoms with Crippen molar-refractivity contribution in [1.82, 2.24) is 20.8 Å². The lowest BCUT2D eigenvalue weighted by Gasteiger charge is -2.20. The normalized spacial score (nSPS) is 16.8. The number of allylic oxidation sites excluding steroid dienone is 3. The molecule has 2 heterocycles. The monoisotopic (exact) mass is 466 g/mol. The number of azo groups is 1. The molecule has 2 aromatic rings. The lowest BCUT2D eigenvalue weighted by molar-refractivity contribution is -0.121. The Labute approximate surface area is 195 Å². The van der Waals surface area contributed by atoms with Crippen molar-refractivity contribution in [3.8, 4) is 11.4 Å². The number of carbonyl (C=O) groups is 2. The van der Waals surface area contributed by atoms with E-state index >= 15 is 0 Å². The van der Waals surface area contributed by atoms with Gasteiger partial charge in [0.1, 0.15) is 0 Å². The molecule has 0 saturated heterocycles. The van der Waals surface area contributed by atoms with Gasteiger partial charge in [-0.15, -0.1) is 10.2 Å². The first-order chi connectivity index (χ1) is 16.1. The van der Waals surface area contributed by atoms with Gasteiger partial charge >= 0.3 is 0 Å². The minimum Gasteiger partial charge on any atom is -0.368 e. The molecule has 33 heavy (non-hydrogen) atoms. The van der Waals surface area contributed by atoms with Gasteiger partial charge in [-0.05, 0) is 37.1 Å². The molecule has 2 amide bonds. The minimum absolute atomic E-state index is 0.0298. The highest BCUT2D eigenvalue weighted by Crippen LogP contribution is 2.27. The molecule has 2 aliphatic rings. The van der Waals surface area contributed by atoms with Crippen molar-refractivity contribution in [2.75, 3.05) is 13.1 Å². The van der Waals surface area contributed by atoms with E-state index in [1.165, 1.54) is 0 Å². The number of halogens is 1. The second-order valence-corrected chi connectivity index (χ2v) is 8.00. The summed E-state index contributed by atoms with van der Waals surface area (Å²) in [5, 5.41) is 18.4. The van der Waals surface area contributed by atoms with Crippen LogP contribution in [0.1, 0.15) is 25.2 Å². The fourth-order valence-corrected chi connectivity index (χ4v) is 3.55. The first-order valence-corrected chi connectivity index (χ1v) is 11.1. The fraction of sp³-hybridized carbons (Fsp3) is 0.304. The fourth-order valence-electron chi connectivity index (χ4n) is 3.42. The molecule has 0 fully saturated rings. The van der Waals surface area contributed by atoms with E-state index in [1.807, 2.05) is 36.4 Å². The largest absolute Gasteiger partial charge is 0.368 e. The maximum atomic E-state index is 12.1. The quantitative estimate of drug-likeness (QED) is 0.514. The zero-order valence-corrected chi connectivity index (χ0v) is 18.6. The van der Waals surface area contributed by atoms with E-state index in [2.05, 4.69) is 31.0 Å². The molecule has 0 spiro atoms. The predicted octanol–water partition coefficient (Wildman–Crippen LogP) is 3.75. The van der Waals surface area contributed by atoms with Crippen LogP contribution in [-0.4, -0.2) is 35.0 Å². The van der Waals surface area contributed by atoms with Gasteiger partial charge in [0.2, 0.25) is 17.6 Å². The summed E-state index contributed by atoms with van der Waals surface area (Å²) in [7, 11) is 0. The van der Waals surface area contributed by atoms with Crippen LogP contribution in [0.15, 0.2) is 74.7 Å². The molecule has 0 bridgehead atoms. The average Bonchev–Trinajstić information content (AvgIpc) is 3.30. The van der Waals surface area contributed by atoms with Crippen LogP contribution >= 0.6 is 11.6 Å². The number of nitrogens with zero attached hydrogens (tertiary/aromatic N) is 4. The van der Waals surface area contributed by atoms with E-state index < -0.39 is 0 Å². The van der Waals surface area contributed by atoms with Crippen LogP contribution in [-0.2, 0) is 16.0 Å². The van der Waals surface area contributed by atoms with Gasteiger partial charge in [-0.1, -0.05) is 41.1 Å². The highest BCUT2D eigenvalue weighted by molar-refractivity contribution is 6.30. The molecule has 1 aromatic heterocycles. The molecular formula is C23H23ClN6O3. The molecule has 2 N–H and O–H groups in total. The van der Waals surface area contributed by atoms with Crippen molar-refractivity contribution < 1.29 is 14.1 Å². The Bertz CT molecular complexity index is 1130. The number of aromatic nitrogens is 2. The molecule has 4 rings (SSSR count). The van der Waals surface area contributed by atoms with Crippen LogP contribution in [0.2, 0.25) is 5.02 Å². The van der Waals surface area contributed by atoms with E-state index in [0.29, 0.717) is 61.3 Å². The van der Waals surface area contributed by atoms with Crippen molar-refractivity contribution in [2.45, 2.75) is 25.7 Å². The first-order valence-electron chi connectivity index (χ1n) is 10.7. The van der Waals surface area contributed by atoms with Crippen molar-refractivity contribution in [3.63, 3.8) is 0 Å². The predicted molar refractivity (Wildman–Crippen MR) is 122 cm³/mol. The van der Waals surface area contributed by atoms with Crippen molar-refractivity contribution in [3.05, 3.63) is 70.9 Å². The Morgan fingerprint density at radius 1 is 1.09 bits per heavy atom. The zero-order chi connectivity index (χ0) is 23.0. The zero-order valence-electron chi connectivity index (χ0n) is 17.8. The third-order valence-electron chi connectivity index (χ3n) is 5.15. The molecule has 1 unspecified atom stereocenters. The van der Waals surface area contributed by atoms with Gasteiger partial charge in [0.05, 0.1) is 5.92 Å². The Balaban J connectivity index is 1.12. The lowest BCUT2D eigenvalue weighted by atomic mass is 9.93. The van der Waals surface area contributed by atoms with Gasteiger partial charge in [0, 0.05) is 42.1 Å². The number of aryl methyl sites for hydroxylation is 1. The minimum atomic E-state index is -0.365. The van der Waals surface area contributed by atoms with Crippen LogP contribution in [0.25, 0.3) is 11.4 Å². The number of carbonyl (C=O) groups excluding carboxylic acids is 2. The number of hydrogen-bond acceptors (Lipinski definition) is 7. The summed E-state index contributed by atoms with van der Waals surface area (Å²) >= 11 is 5.89. The average molecular weight is 467 g/mol. The van der Waals surface area contributed by atoms with Crippen molar-refractivity contribution >= 4 is 23.4 Å². The maximum absolute atomic E-state index is 12.1. The number of fused-ring (bicyclic) bond motifs is 1. The van der Waals surface area contributed by atoms with Crippen LogP contribution in [0, 0.1) is 5.92 Å². The summed E-state index contributed by atoms with van der Waals surface area (Å²) in [5.74, 6) is 0.946. The smallest absolute Gasteiger partial charge is 0.276 e. The Kier molecular flexibility index (Phi) is 7.41. The molecule has 170 valence electrons. The van der Waals surface area contributed by atoms with Crippen LogP contribution in [0.3, 0.4) is 0 Å². The Morgan fingerprint density at radius 2 is 1.94 bits per heavy atom. The van der Waals surface area contributed by atoms with E-state index in [9.17, 15) is 9.59 Å². The van der Waals surface area contributed by atoms with E-state index in [4.69, 9.17) is 16.1 Å². The van der Waals surface area contributed by atoms with Gasteiger partial charge in [-0.3, -0.25) is 9.59 Å². The molecule has 9 nitrogen and oxygen atoms in total. The Hall–Kier alpha value is -3.59. The molecule has 1 aromatic carbocycles. The molecule has 0 saturated carbocycles. The molecule has 1 atom stereocenters. The summed E-state index contributed by atoms with van der Waals surface area (Å²) in [6.45, 7) is 1.14. The maximum Gasteiger partial charge on any atom is 0.276 e. The molecular weight excluding hydrogens is 444 g/mol. The second kappa shape index (κ2) is 10.8. The van der Waals surface area contributed by atoms with Crippen LogP contribution in [0.5, 0.6) is 0 Å². The van der Waals surface area contributed by atoms with Gasteiger partial charge < -0.3 is 15.2 Å². The summed E-state index contributed by atoms with van der Waals surface area (Å²) in [6, 6.07) is 7.19. The number of benzene rings is 1. The SMILES string of the molecule is O=C(CCCc1nc(-c2ccc(Cl)cc2)no1)NCCCNC1=C2C=CC=CC2C(=O)N=N1. The van der Waals surface area contributed by atoms with E-state index in [0.717, 1.165) is 11.1 Å². The second-order valence-electron chi connectivity index (χ2n) is 7.57. The van der Waals surface area contributed by atoms with Gasteiger partial charge in [0.15, 0.2) is 5.82 Å². The first kappa shape index (κ1) is 22.6. The van der Waals surface area contributed by atoms with Crippen molar-refractivity contribution in [1.29, 1.82) is 0 Å². The number of rotatable bonds is 10. The lowest BCUT2D eigenvalue weighted by Crippen LogP contribution is -2.28. The molecule has 10 heteroatoms. The number of amides is 2. The highest BCUT2D eigenvalue weighted by atomic mass is 35.5. The summed E-state index contributed by atoms with van der Waals surface area (Å²) in [4.78, 5) is 28.2. The summed E-state index contributed by atoms with van der Waals surface area (Å²) in [5.41, 5.74) is 1.65. The van der Waals surface area contributed by atoms with Gasteiger partial charge in [-0.2, -0.15) is 4.98 Å². The van der Waals surface area contributed by atoms with Gasteiger partial charge in [0.25, 0.3) is 5.91 Å². The van der Waals surface area contributed by atoms with E-state index in [-0.39, 0.29) is 17.7 Å². The third-order valence-corrected chi connectivity index (χ3v) is 5.40. The standard InChI is InChI=1S/C23H23ClN6O3/c24-16-11-9-15(10-12-16)21-27-20(33-30-21)8-3-7-19(31)25-13-4-14-26-22-17-5-1-2-6-18(17)23(32)29-28-22/h1-2,5-6,9-12,18,26H,3-4,7-8,13-14H2,(H,25,31). The van der Waals surface area contributed by atoms with E-state index in [1.54, 1.807) is 12.1 Å². The molecule has 0 radical (unpaired) electrons. The number of hydrogen-bond donors (Lipinski definition) is 2. The molecule has 1 aliphatic carbocycles. The topological polar surface area (TPSA) is 122 Å². The van der Waals surface area contributed by atoms with Gasteiger partial charge in [-0.25, -0.2) is 0 Å². The van der Waals surface area contributed by atoms with Crippen molar-refractivity contribution in [2.24, 2.45) is 16.1 Å². The highest BCUT2D eigenvalue weighted by Gasteiger charge is 2.26. The number of nitrogens with one attached hydrogen (secondary N) is 2.